The molecule has 2 aromatic rings. The highest BCUT2D eigenvalue weighted by molar-refractivity contribution is 5.47. The lowest BCUT2D eigenvalue weighted by molar-refractivity contribution is 0.336. The normalized spacial score (nSPS) is 10.7. The Morgan fingerprint density at radius 2 is 1.95 bits per heavy atom. The van der Waals surface area contributed by atoms with Crippen LogP contribution in [0.1, 0.15) is 43.2 Å². The van der Waals surface area contributed by atoms with E-state index in [0.717, 1.165) is 30.7 Å². The first-order chi connectivity index (χ1) is 9.30. The van der Waals surface area contributed by atoms with Gasteiger partial charge in [-0.15, -0.1) is 0 Å². The molecular formula is C16H22N2O. The second-order valence-electron chi connectivity index (χ2n) is 4.57. The topological polar surface area (TPSA) is 37.9 Å². The van der Waals surface area contributed by atoms with Crippen molar-refractivity contribution in [1.82, 2.24) is 9.97 Å². The van der Waals surface area contributed by atoms with Gasteiger partial charge in [0.15, 0.2) is 0 Å². The molecule has 0 fully saturated rings. The quantitative estimate of drug-likeness (QED) is 0.860. The van der Waals surface area contributed by atoms with Gasteiger partial charge in [0.25, 0.3) is 0 Å². The van der Waals surface area contributed by atoms with E-state index in [0.29, 0.717) is 6.61 Å². The molecule has 0 amide bonds. The summed E-state index contributed by atoms with van der Waals surface area (Å²) >= 11 is 0. The second-order valence-corrected chi connectivity index (χ2v) is 4.57. The fraction of sp³-hybridized carbons (Fsp3) is 0.438. The highest BCUT2D eigenvalue weighted by Crippen LogP contribution is 2.28. The molecule has 0 spiro atoms. The lowest BCUT2D eigenvalue weighted by Gasteiger charge is -2.17. The third kappa shape index (κ3) is 2.98. The molecule has 1 N–H and O–H groups in total. The Labute approximate surface area is 115 Å². The monoisotopic (exact) mass is 258 g/mol. The molecule has 19 heavy (non-hydrogen) atoms. The molecule has 1 heterocycles. The van der Waals surface area contributed by atoms with Gasteiger partial charge in [0.2, 0.25) is 0 Å². The van der Waals surface area contributed by atoms with Crippen LogP contribution < -0.4 is 4.74 Å². The molecule has 2 rings (SSSR count). The summed E-state index contributed by atoms with van der Waals surface area (Å²) in [5.41, 5.74) is 5.27. The van der Waals surface area contributed by atoms with Crippen molar-refractivity contribution >= 4 is 0 Å². The van der Waals surface area contributed by atoms with Crippen molar-refractivity contribution in [3.8, 4) is 5.75 Å². The molecule has 0 aliphatic carbocycles. The van der Waals surface area contributed by atoms with Crippen molar-refractivity contribution in [3.05, 3.63) is 47.0 Å². The van der Waals surface area contributed by atoms with Crippen molar-refractivity contribution in [2.45, 2.75) is 40.0 Å². The number of nitrogens with zero attached hydrogens (tertiary/aromatic N) is 1. The highest BCUT2D eigenvalue weighted by atomic mass is 16.5. The van der Waals surface area contributed by atoms with Gasteiger partial charge in [-0.25, -0.2) is 4.98 Å². The van der Waals surface area contributed by atoms with Crippen molar-refractivity contribution in [2.24, 2.45) is 0 Å². The zero-order chi connectivity index (χ0) is 13.7. The van der Waals surface area contributed by atoms with Crippen LogP contribution in [0.15, 0.2) is 24.7 Å². The fourth-order valence-electron chi connectivity index (χ4n) is 2.52. The van der Waals surface area contributed by atoms with Crippen LogP contribution in [0, 0.1) is 0 Å². The summed E-state index contributed by atoms with van der Waals surface area (Å²) in [5, 5.41) is 0. The summed E-state index contributed by atoms with van der Waals surface area (Å²) in [6, 6.07) is 4.30. The molecule has 1 aromatic heterocycles. The van der Waals surface area contributed by atoms with Crippen LogP contribution in [-0.2, 0) is 19.3 Å². The van der Waals surface area contributed by atoms with E-state index in [-0.39, 0.29) is 0 Å². The van der Waals surface area contributed by atoms with E-state index in [9.17, 15) is 0 Å². The van der Waals surface area contributed by atoms with Gasteiger partial charge in [-0.1, -0.05) is 19.9 Å². The Kier molecular flexibility index (Phi) is 4.61. The molecule has 0 aliphatic rings. The molecule has 0 saturated heterocycles. The van der Waals surface area contributed by atoms with Crippen LogP contribution in [0.4, 0.5) is 0 Å². The van der Waals surface area contributed by atoms with Crippen LogP contribution >= 0.6 is 0 Å². The lowest BCUT2D eigenvalue weighted by Crippen LogP contribution is -2.05. The Balaban J connectivity index is 2.44. The number of aromatic amines is 1. The number of aromatic nitrogens is 2. The number of H-pyrrole nitrogens is 1. The minimum atomic E-state index is 0.710. The number of aryl methyl sites for hydroxylation is 1. The van der Waals surface area contributed by atoms with Crippen molar-refractivity contribution in [1.29, 1.82) is 0 Å². The SMILES string of the molecule is CCOc1ccc(CC)c(Cc2cnc[nH]2)c1CC. The van der Waals surface area contributed by atoms with Crippen LogP contribution in [0.25, 0.3) is 0 Å². The van der Waals surface area contributed by atoms with E-state index in [1.54, 1.807) is 6.33 Å². The second kappa shape index (κ2) is 6.41. The average Bonchev–Trinajstić information content (AvgIpc) is 2.92. The number of ether oxygens (including phenoxy) is 1. The molecule has 0 saturated carbocycles. The largest absolute Gasteiger partial charge is 0.494 e. The molecule has 0 aliphatic heterocycles. The van der Waals surface area contributed by atoms with Crippen molar-refractivity contribution in [3.63, 3.8) is 0 Å². The van der Waals surface area contributed by atoms with Crippen LogP contribution in [0.2, 0.25) is 0 Å². The number of hydrogen-bond donors (Lipinski definition) is 1. The first kappa shape index (κ1) is 13.7. The summed E-state index contributed by atoms with van der Waals surface area (Å²) < 4.78 is 5.76. The number of nitrogens with one attached hydrogen (secondary N) is 1. The average molecular weight is 258 g/mol. The summed E-state index contributed by atoms with van der Waals surface area (Å²) in [4.78, 5) is 7.29. The van der Waals surface area contributed by atoms with E-state index in [1.807, 2.05) is 13.1 Å². The van der Waals surface area contributed by atoms with Gasteiger partial charge >= 0.3 is 0 Å². The highest BCUT2D eigenvalue weighted by Gasteiger charge is 2.13. The molecule has 0 bridgehead atoms. The maximum Gasteiger partial charge on any atom is 0.122 e. The number of benzene rings is 1. The molecule has 0 radical (unpaired) electrons. The first-order valence-electron chi connectivity index (χ1n) is 7.03. The number of rotatable bonds is 6. The smallest absolute Gasteiger partial charge is 0.122 e. The van der Waals surface area contributed by atoms with Gasteiger partial charge in [-0.05, 0) is 42.5 Å². The van der Waals surface area contributed by atoms with Crippen LogP contribution in [0.3, 0.4) is 0 Å². The summed E-state index contributed by atoms with van der Waals surface area (Å²) in [6.45, 7) is 7.13. The van der Waals surface area contributed by atoms with E-state index in [1.165, 1.54) is 16.7 Å². The molecule has 3 heteroatoms. The van der Waals surface area contributed by atoms with Gasteiger partial charge in [0.1, 0.15) is 5.75 Å². The van der Waals surface area contributed by atoms with Gasteiger partial charge in [0, 0.05) is 18.3 Å². The summed E-state index contributed by atoms with van der Waals surface area (Å²) in [7, 11) is 0. The van der Waals surface area contributed by atoms with Crippen LogP contribution in [-0.4, -0.2) is 16.6 Å². The van der Waals surface area contributed by atoms with Gasteiger partial charge in [0.05, 0.1) is 12.9 Å². The predicted molar refractivity (Wildman–Crippen MR) is 77.8 cm³/mol. The van der Waals surface area contributed by atoms with Crippen LogP contribution in [0.5, 0.6) is 5.75 Å². The van der Waals surface area contributed by atoms with Crippen molar-refractivity contribution < 1.29 is 4.74 Å². The standard InChI is InChI=1S/C16H22N2O/c1-4-12-7-8-16(19-6-3)14(5-2)15(12)9-13-10-17-11-18-13/h7-8,10-11H,4-6,9H2,1-3H3,(H,17,18). The van der Waals surface area contributed by atoms with Gasteiger partial charge in [-0.2, -0.15) is 0 Å². The van der Waals surface area contributed by atoms with E-state index >= 15 is 0 Å². The van der Waals surface area contributed by atoms with E-state index in [4.69, 9.17) is 4.74 Å². The Morgan fingerprint density at radius 3 is 2.53 bits per heavy atom. The lowest BCUT2D eigenvalue weighted by atomic mass is 9.93. The van der Waals surface area contributed by atoms with Gasteiger partial charge < -0.3 is 9.72 Å². The number of hydrogen-bond acceptors (Lipinski definition) is 2. The van der Waals surface area contributed by atoms with E-state index in [2.05, 4.69) is 35.9 Å². The molecular weight excluding hydrogens is 236 g/mol. The maximum atomic E-state index is 5.76. The third-order valence-corrected chi connectivity index (χ3v) is 3.44. The van der Waals surface area contributed by atoms with Gasteiger partial charge in [-0.3, -0.25) is 0 Å². The predicted octanol–water partition coefficient (Wildman–Crippen LogP) is 3.52. The first-order valence-corrected chi connectivity index (χ1v) is 7.03. The Bertz CT molecular complexity index is 518. The minimum Gasteiger partial charge on any atom is -0.494 e. The fourth-order valence-corrected chi connectivity index (χ4v) is 2.52. The molecule has 3 nitrogen and oxygen atoms in total. The zero-order valence-corrected chi connectivity index (χ0v) is 12.0. The zero-order valence-electron chi connectivity index (χ0n) is 12.0. The minimum absolute atomic E-state index is 0.710. The third-order valence-electron chi connectivity index (χ3n) is 3.44. The maximum absolute atomic E-state index is 5.76. The molecule has 1 aromatic carbocycles. The molecule has 0 atom stereocenters. The molecule has 0 unspecified atom stereocenters. The van der Waals surface area contributed by atoms with Crippen molar-refractivity contribution in [2.75, 3.05) is 6.61 Å². The summed E-state index contributed by atoms with van der Waals surface area (Å²) in [6.07, 6.45) is 6.56. The Hall–Kier alpha value is -1.77. The Morgan fingerprint density at radius 1 is 1.11 bits per heavy atom. The number of imidazole rings is 1. The molecule has 102 valence electrons. The summed E-state index contributed by atoms with van der Waals surface area (Å²) in [5.74, 6) is 1.02. The van der Waals surface area contributed by atoms with E-state index < -0.39 is 0 Å².